The van der Waals surface area contributed by atoms with E-state index in [2.05, 4.69) is 0 Å². The highest BCUT2D eigenvalue weighted by atomic mass is 16.4. The summed E-state index contributed by atoms with van der Waals surface area (Å²) in [5, 5.41) is 26.6. The van der Waals surface area contributed by atoms with Crippen molar-refractivity contribution in [3.05, 3.63) is 0 Å². The second-order valence-corrected chi connectivity index (χ2v) is 4.22. The predicted molar refractivity (Wildman–Crippen MR) is 51.9 cm³/mol. The molecule has 0 heterocycles. The van der Waals surface area contributed by atoms with E-state index in [0.717, 1.165) is 0 Å². The molecule has 1 saturated carbocycles. The van der Waals surface area contributed by atoms with Gasteiger partial charge in [-0.1, -0.05) is 6.42 Å². The van der Waals surface area contributed by atoms with Crippen LogP contribution in [0.25, 0.3) is 0 Å². The molecule has 1 rings (SSSR count). The van der Waals surface area contributed by atoms with Crippen molar-refractivity contribution in [2.24, 2.45) is 11.3 Å². The number of carboxylic acid groups (broad SMARTS) is 3. The molecule has 0 amide bonds. The lowest BCUT2D eigenvalue weighted by atomic mass is 9.73. The molecular formula is C10H14O6. The summed E-state index contributed by atoms with van der Waals surface area (Å²) < 4.78 is 0. The molecule has 0 aliphatic heterocycles. The topological polar surface area (TPSA) is 112 Å². The smallest absolute Gasteiger partial charge is 0.310 e. The molecule has 3 N–H and O–H groups in total. The lowest BCUT2D eigenvalue weighted by molar-refractivity contribution is -0.159. The fourth-order valence-electron chi connectivity index (χ4n) is 2.51. The Morgan fingerprint density at radius 3 is 2.19 bits per heavy atom. The second-order valence-electron chi connectivity index (χ2n) is 4.22. The predicted octanol–water partition coefficient (Wildman–Crippen LogP) is 0.807. The van der Waals surface area contributed by atoms with Crippen LogP contribution in [0.2, 0.25) is 0 Å². The van der Waals surface area contributed by atoms with Crippen LogP contribution >= 0.6 is 0 Å². The Bertz CT molecular complexity index is 323. The summed E-state index contributed by atoms with van der Waals surface area (Å²) in [5.74, 6) is -4.06. The van der Waals surface area contributed by atoms with Crippen LogP contribution in [-0.2, 0) is 14.4 Å². The number of hydrogen-bond donors (Lipinski definition) is 3. The molecule has 0 aromatic rings. The van der Waals surface area contributed by atoms with E-state index < -0.39 is 35.7 Å². The van der Waals surface area contributed by atoms with Crippen molar-refractivity contribution >= 4 is 17.9 Å². The normalized spacial score (nSPS) is 28.9. The van der Waals surface area contributed by atoms with Gasteiger partial charge < -0.3 is 15.3 Å². The van der Waals surface area contributed by atoms with E-state index in [1.807, 2.05) is 0 Å². The first kappa shape index (κ1) is 12.5. The molecule has 6 nitrogen and oxygen atoms in total. The molecule has 0 aromatic carbocycles. The molecular weight excluding hydrogens is 216 g/mol. The summed E-state index contributed by atoms with van der Waals surface area (Å²) in [4.78, 5) is 32.5. The maximum absolute atomic E-state index is 11.2. The van der Waals surface area contributed by atoms with Crippen molar-refractivity contribution in [1.82, 2.24) is 0 Å². The second kappa shape index (κ2) is 4.51. The molecule has 1 aliphatic rings. The van der Waals surface area contributed by atoms with Gasteiger partial charge in [-0.2, -0.15) is 0 Å². The summed E-state index contributed by atoms with van der Waals surface area (Å²) in [6.07, 6.45) is 0.496. The highest BCUT2D eigenvalue weighted by Gasteiger charge is 2.51. The first-order valence-corrected chi connectivity index (χ1v) is 5.05. The fourth-order valence-corrected chi connectivity index (χ4v) is 2.51. The molecule has 1 aliphatic carbocycles. The van der Waals surface area contributed by atoms with E-state index in [4.69, 9.17) is 15.3 Å². The van der Waals surface area contributed by atoms with Crippen molar-refractivity contribution < 1.29 is 29.7 Å². The minimum Gasteiger partial charge on any atom is -0.481 e. The summed E-state index contributed by atoms with van der Waals surface area (Å²) in [6, 6.07) is 0. The monoisotopic (exact) mass is 230 g/mol. The van der Waals surface area contributed by atoms with Crippen LogP contribution < -0.4 is 0 Å². The maximum Gasteiger partial charge on any atom is 0.310 e. The van der Waals surface area contributed by atoms with Crippen LogP contribution in [0.15, 0.2) is 0 Å². The Balaban J connectivity index is 2.93. The van der Waals surface area contributed by atoms with Crippen molar-refractivity contribution in [3.63, 3.8) is 0 Å². The van der Waals surface area contributed by atoms with Gasteiger partial charge in [-0.25, -0.2) is 0 Å². The number of carboxylic acids is 3. The van der Waals surface area contributed by atoms with Gasteiger partial charge >= 0.3 is 17.9 Å². The largest absolute Gasteiger partial charge is 0.481 e. The van der Waals surface area contributed by atoms with Crippen molar-refractivity contribution in [3.8, 4) is 0 Å². The lowest BCUT2D eigenvalue weighted by Gasteiger charge is -2.28. The zero-order chi connectivity index (χ0) is 12.3. The van der Waals surface area contributed by atoms with Crippen LogP contribution in [0, 0.1) is 11.3 Å². The Morgan fingerprint density at radius 2 is 1.75 bits per heavy atom. The van der Waals surface area contributed by atoms with Crippen LogP contribution in [0.1, 0.15) is 32.1 Å². The van der Waals surface area contributed by atoms with E-state index in [0.29, 0.717) is 12.8 Å². The van der Waals surface area contributed by atoms with E-state index in [9.17, 15) is 14.4 Å². The van der Waals surface area contributed by atoms with E-state index in [-0.39, 0.29) is 12.8 Å². The molecule has 90 valence electrons. The Hall–Kier alpha value is -1.59. The molecule has 2 atom stereocenters. The van der Waals surface area contributed by atoms with Gasteiger partial charge in [-0.15, -0.1) is 0 Å². The van der Waals surface area contributed by atoms with Crippen molar-refractivity contribution in [2.75, 3.05) is 0 Å². The van der Waals surface area contributed by atoms with Crippen LogP contribution in [-0.4, -0.2) is 33.2 Å². The zero-order valence-electron chi connectivity index (χ0n) is 8.68. The molecule has 1 fully saturated rings. The molecule has 0 aromatic heterocycles. The summed E-state index contributed by atoms with van der Waals surface area (Å²) in [5.41, 5.74) is -1.40. The maximum atomic E-state index is 11.2. The van der Waals surface area contributed by atoms with Gasteiger partial charge in [0.05, 0.1) is 11.8 Å². The lowest BCUT2D eigenvalue weighted by Crippen LogP contribution is -2.38. The molecule has 2 unspecified atom stereocenters. The Morgan fingerprint density at radius 1 is 1.12 bits per heavy atom. The van der Waals surface area contributed by atoms with Crippen molar-refractivity contribution in [2.45, 2.75) is 32.1 Å². The van der Waals surface area contributed by atoms with Gasteiger partial charge in [0, 0.05) is 6.42 Å². The first-order valence-electron chi connectivity index (χ1n) is 5.05. The fraction of sp³-hybridized carbons (Fsp3) is 0.700. The number of rotatable bonds is 5. The summed E-state index contributed by atoms with van der Waals surface area (Å²) >= 11 is 0. The standard InChI is InChI=1S/C10H14O6/c11-7(12)4-6-2-1-3-10(6,9(15)16)5-8(13)14/h6H,1-5H2,(H,11,12)(H,13,14)(H,15,16). The number of hydrogen-bond acceptors (Lipinski definition) is 3. The van der Waals surface area contributed by atoms with E-state index in [1.54, 1.807) is 0 Å². The van der Waals surface area contributed by atoms with Gasteiger partial charge in [0.2, 0.25) is 0 Å². The highest BCUT2D eigenvalue weighted by molar-refractivity contribution is 5.83. The minimum atomic E-state index is -1.40. The Labute approximate surface area is 91.9 Å². The molecule has 0 radical (unpaired) electrons. The van der Waals surface area contributed by atoms with E-state index in [1.165, 1.54) is 0 Å². The molecule has 0 spiro atoms. The third kappa shape index (κ3) is 2.32. The molecule has 0 saturated heterocycles. The average Bonchev–Trinajstić information content (AvgIpc) is 2.47. The minimum absolute atomic E-state index is 0.243. The quantitative estimate of drug-likeness (QED) is 0.644. The van der Waals surface area contributed by atoms with Crippen LogP contribution in [0.4, 0.5) is 0 Å². The number of aliphatic carboxylic acids is 3. The number of carbonyl (C=O) groups is 3. The third-order valence-corrected chi connectivity index (χ3v) is 3.27. The van der Waals surface area contributed by atoms with Gasteiger partial charge in [0.15, 0.2) is 0 Å². The first-order chi connectivity index (χ1) is 7.38. The summed E-state index contributed by atoms with van der Waals surface area (Å²) in [7, 11) is 0. The molecule has 6 heteroatoms. The van der Waals surface area contributed by atoms with Gasteiger partial charge in [-0.3, -0.25) is 14.4 Å². The Kier molecular flexibility index (Phi) is 3.51. The highest BCUT2D eigenvalue weighted by Crippen LogP contribution is 2.48. The van der Waals surface area contributed by atoms with Gasteiger partial charge in [0.1, 0.15) is 0 Å². The van der Waals surface area contributed by atoms with Crippen LogP contribution in [0.5, 0.6) is 0 Å². The van der Waals surface area contributed by atoms with Crippen molar-refractivity contribution in [1.29, 1.82) is 0 Å². The SMILES string of the molecule is O=C(O)CC1CCCC1(CC(=O)O)C(=O)O. The molecule has 16 heavy (non-hydrogen) atoms. The zero-order valence-corrected chi connectivity index (χ0v) is 8.68. The molecule has 0 bridgehead atoms. The van der Waals surface area contributed by atoms with Gasteiger partial charge in [-0.05, 0) is 18.8 Å². The third-order valence-electron chi connectivity index (χ3n) is 3.27. The van der Waals surface area contributed by atoms with Gasteiger partial charge in [0.25, 0.3) is 0 Å². The average molecular weight is 230 g/mol. The van der Waals surface area contributed by atoms with E-state index >= 15 is 0 Å². The van der Waals surface area contributed by atoms with Crippen LogP contribution in [0.3, 0.4) is 0 Å². The summed E-state index contributed by atoms with van der Waals surface area (Å²) in [6.45, 7) is 0.